The summed E-state index contributed by atoms with van der Waals surface area (Å²) >= 11 is 0. The first kappa shape index (κ1) is 13.6. The van der Waals surface area contributed by atoms with Gasteiger partial charge in [0.2, 0.25) is 0 Å². The zero-order valence-corrected chi connectivity index (χ0v) is 8.81. The standard InChI is InChI=1S/C9H14O6/c1-9(15-3,5-14-2)6(8(12)13)4-7(10)11/h4H,5H2,1-3H3,(H,10,11)(H,12,13)/b6-4+. The van der Waals surface area contributed by atoms with Crippen molar-refractivity contribution in [2.45, 2.75) is 12.5 Å². The molecule has 0 aromatic heterocycles. The fraction of sp³-hybridized carbons (Fsp3) is 0.556. The van der Waals surface area contributed by atoms with Crippen LogP contribution in [0.25, 0.3) is 0 Å². The summed E-state index contributed by atoms with van der Waals surface area (Å²) in [5, 5.41) is 17.4. The van der Waals surface area contributed by atoms with Crippen LogP contribution in [0.5, 0.6) is 0 Å². The molecule has 0 bridgehead atoms. The van der Waals surface area contributed by atoms with E-state index < -0.39 is 17.5 Å². The van der Waals surface area contributed by atoms with Crippen molar-refractivity contribution < 1.29 is 29.3 Å². The van der Waals surface area contributed by atoms with Gasteiger partial charge in [-0.1, -0.05) is 0 Å². The lowest BCUT2D eigenvalue weighted by atomic mass is 9.96. The molecule has 0 fully saturated rings. The van der Waals surface area contributed by atoms with E-state index in [1.165, 1.54) is 21.1 Å². The zero-order valence-electron chi connectivity index (χ0n) is 8.81. The molecule has 0 aliphatic heterocycles. The third kappa shape index (κ3) is 3.69. The highest BCUT2D eigenvalue weighted by atomic mass is 16.5. The van der Waals surface area contributed by atoms with Gasteiger partial charge in [-0.15, -0.1) is 0 Å². The summed E-state index contributed by atoms with van der Waals surface area (Å²) in [5.74, 6) is -2.69. The first-order valence-electron chi connectivity index (χ1n) is 4.10. The van der Waals surface area contributed by atoms with Gasteiger partial charge in [0.05, 0.1) is 12.2 Å². The second kappa shape index (κ2) is 5.47. The average molecular weight is 218 g/mol. The van der Waals surface area contributed by atoms with E-state index in [0.29, 0.717) is 6.08 Å². The Morgan fingerprint density at radius 2 is 1.87 bits per heavy atom. The third-order valence-corrected chi connectivity index (χ3v) is 1.94. The minimum absolute atomic E-state index is 0.0467. The number of carboxylic acid groups (broad SMARTS) is 2. The maximum Gasteiger partial charge on any atom is 0.334 e. The van der Waals surface area contributed by atoms with Crippen LogP contribution in [0.3, 0.4) is 0 Å². The van der Waals surface area contributed by atoms with Crippen molar-refractivity contribution in [2.24, 2.45) is 0 Å². The lowest BCUT2D eigenvalue weighted by Gasteiger charge is -2.27. The molecule has 6 nitrogen and oxygen atoms in total. The van der Waals surface area contributed by atoms with Gasteiger partial charge < -0.3 is 19.7 Å². The van der Waals surface area contributed by atoms with Crippen molar-refractivity contribution in [3.8, 4) is 0 Å². The van der Waals surface area contributed by atoms with Crippen LogP contribution in [0, 0.1) is 0 Å². The smallest absolute Gasteiger partial charge is 0.334 e. The maximum atomic E-state index is 10.8. The van der Waals surface area contributed by atoms with E-state index in [1.807, 2.05) is 0 Å². The molecule has 6 heteroatoms. The third-order valence-electron chi connectivity index (χ3n) is 1.94. The van der Waals surface area contributed by atoms with Crippen molar-refractivity contribution >= 4 is 11.9 Å². The van der Waals surface area contributed by atoms with Crippen LogP contribution in [0.2, 0.25) is 0 Å². The first-order chi connectivity index (χ1) is 6.87. The molecule has 0 spiro atoms. The molecule has 0 amide bonds. The monoisotopic (exact) mass is 218 g/mol. The summed E-state index contributed by atoms with van der Waals surface area (Å²) in [4.78, 5) is 21.3. The van der Waals surface area contributed by atoms with Crippen LogP contribution >= 0.6 is 0 Å². The quantitative estimate of drug-likeness (QED) is 0.616. The fourth-order valence-electron chi connectivity index (χ4n) is 1.09. The van der Waals surface area contributed by atoms with Crippen LogP contribution in [0.1, 0.15) is 6.92 Å². The largest absolute Gasteiger partial charge is 0.478 e. The highest BCUT2D eigenvalue weighted by Crippen LogP contribution is 2.21. The molecule has 0 saturated heterocycles. The Kier molecular flexibility index (Phi) is 4.96. The van der Waals surface area contributed by atoms with E-state index in [1.54, 1.807) is 0 Å². The van der Waals surface area contributed by atoms with Gasteiger partial charge in [0, 0.05) is 20.3 Å². The summed E-state index contributed by atoms with van der Waals surface area (Å²) in [6, 6.07) is 0. The molecule has 1 unspecified atom stereocenters. The summed E-state index contributed by atoms with van der Waals surface area (Å²) in [6.45, 7) is 1.40. The number of aliphatic carboxylic acids is 2. The summed E-state index contributed by atoms with van der Waals surface area (Å²) in [6.07, 6.45) is 0.602. The van der Waals surface area contributed by atoms with Gasteiger partial charge in [-0.25, -0.2) is 9.59 Å². The van der Waals surface area contributed by atoms with E-state index in [2.05, 4.69) is 0 Å². The molecule has 0 aromatic rings. The van der Waals surface area contributed by atoms with E-state index in [9.17, 15) is 9.59 Å². The van der Waals surface area contributed by atoms with Crippen molar-refractivity contribution in [1.82, 2.24) is 0 Å². The fourth-order valence-corrected chi connectivity index (χ4v) is 1.09. The Bertz CT molecular complexity index is 282. The molecule has 0 heterocycles. The van der Waals surface area contributed by atoms with Gasteiger partial charge in [0.1, 0.15) is 5.60 Å². The molecule has 0 radical (unpaired) electrons. The second-order valence-electron chi connectivity index (χ2n) is 3.07. The van der Waals surface area contributed by atoms with Crippen LogP contribution in [-0.4, -0.2) is 48.6 Å². The molecule has 2 N–H and O–H groups in total. The number of rotatable bonds is 6. The second-order valence-corrected chi connectivity index (χ2v) is 3.07. The molecule has 0 aliphatic carbocycles. The number of hydrogen-bond donors (Lipinski definition) is 2. The first-order valence-corrected chi connectivity index (χ1v) is 4.10. The van der Waals surface area contributed by atoms with E-state index in [-0.39, 0.29) is 12.2 Å². The van der Waals surface area contributed by atoms with Gasteiger partial charge >= 0.3 is 11.9 Å². The van der Waals surface area contributed by atoms with E-state index in [0.717, 1.165) is 0 Å². The van der Waals surface area contributed by atoms with Crippen molar-refractivity contribution in [3.63, 3.8) is 0 Å². The van der Waals surface area contributed by atoms with Crippen LogP contribution in [0.4, 0.5) is 0 Å². The van der Waals surface area contributed by atoms with Crippen molar-refractivity contribution in [2.75, 3.05) is 20.8 Å². The van der Waals surface area contributed by atoms with Gasteiger partial charge in [0.25, 0.3) is 0 Å². The molecular formula is C9H14O6. The predicted molar refractivity (Wildman–Crippen MR) is 50.6 cm³/mol. The van der Waals surface area contributed by atoms with Crippen molar-refractivity contribution in [1.29, 1.82) is 0 Å². The lowest BCUT2D eigenvalue weighted by Crippen LogP contribution is -2.39. The van der Waals surface area contributed by atoms with Gasteiger partial charge in [-0.2, -0.15) is 0 Å². The number of carboxylic acids is 2. The molecule has 0 aromatic carbocycles. The normalized spacial score (nSPS) is 15.8. The molecule has 0 saturated carbocycles. The lowest BCUT2D eigenvalue weighted by molar-refractivity contribution is -0.138. The highest BCUT2D eigenvalue weighted by molar-refractivity contribution is 5.96. The Balaban J connectivity index is 5.20. The molecule has 15 heavy (non-hydrogen) atoms. The van der Waals surface area contributed by atoms with Gasteiger partial charge in [0.15, 0.2) is 0 Å². The highest BCUT2D eigenvalue weighted by Gasteiger charge is 2.34. The summed E-state index contributed by atoms with van der Waals surface area (Å²) in [5.41, 5.74) is -1.64. The topological polar surface area (TPSA) is 93.1 Å². The molecule has 86 valence electrons. The summed E-state index contributed by atoms with van der Waals surface area (Å²) < 4.78 is 9.75. The maximum absolute atomic E-state index is 10.8. The number of hydrogen-bond acceptors (Lipinski definition) is 4. The van der Waals surface area contributed by atoms with Crippen LogP contribution < -0.4 is 0 Å². The zero-order chi connectivity index (χ0) is 12.1. The molecular weight excluding hydrogens is 204 g/mol. The predicted octanol–water partition coefficient (Wildman–Crippen LogP) is 0.134. The SMILES string of the molecule is COCC(C)(OC)/C(=C/C(=O)O)C(=O)O. The van der Waals surface area contributed by atoms with E-state index in [4.69, 9.17) is 19.7 Å². The molecule has 1 atom stereocenters. The van der Waals surface area contributed by atoms with Gasteiger partial charge in [-0.05, 0) is 6.92 Å². The number of methoxy groups -OCH3 is 2. The average Bonchev–Trinajstić information content (AvgIpc) is 2.13. The van der Waals surface area contributed by atoms with E-state index >= 15 is 0 Å². The molecule has 0 aliphatic rings. The number of ether oxygens (including phenoxy) is 2. The Morgan fingerprint density at radius 1 is 1.33 bits per heavy atom. The Morgan fingerprint density at radius 3 is 2.13 bits per heavy atom. The molecule has 0 rings (SSSR count). The number of carbonyl (C=O) groups is 2. The van der Waals surface area contributed by atoms with Crippen LogP contribution in [0.15, 0.2) is 11.6 Å². The van der Waals surface area contributed by atoms with Gasteiger partial charge in [-0.3, -0.25) is 0 Å². The van der Waals surface area contributed by atoms with Crippen LogP contribution in [-0.2, 0) is 19.1 Å². The minimum Gasteiger partial charge on any atom is -0.478 e. The summed E-state index contributed by atoms with van der Waals surface area (Å²) in [7, 11) is 2.66. The minimum atomic E-state index is -1.35. The van der Waals surface area contributed by atoms with Crippen molar-refractivity contribution in [3.05, 3.63) is 11.6 Å². The Hall–Kier alpha value is -1.40. The Labute approximate surface area is 87.1 Å².